The van der Waals surface area contributed by atoms with E-state index in [0.717, 1.165) is 0 Å². The Morgan fingerprint density at radius 3 is 1.14 bits per heavy atom. The summed E-state index contributed by atoms with van der Waals surface area (Å²) in [6.45, 7) is 0. The van der Waals surface area contributed by atoms with Gasteiger partial charge in [0.25, 0.3) is 0 Å². The minimum absolute atomic E-state index is 0. The normalized spacial score (nSPS) is 8.43. The Morgan fingerprint density at radius 1 is 1.14 bits per heavy atom. The van der Waals surface area contributed by atoms with Crippen LogP contribution in [0.2, 0.25) is 0 Å². The van der Waals surface area contributed by atoms with Crippen LogP contribution >= 0.6 is 7.82 Å². The van der Waals surface area contributed by atoms with Crippen molar-refractivity contribution in [3.63, 3.8) is 0 Å². The number of hydrogen-bond acceptors (Lipinski definition) is 5. The van der Waals surface area contributed by atoms with E-state index in [9.17, 15) is 0 Å². The van der Waals surface area contributed by atoms with Gasteiger partial charge in [-0.05, 0) is 0 Å². The quantitative estimate of drug-likeness (QED) is 0.312. The summed E-state index contributed by atoms with van der Waals surface area (Å²) < 4.78 is 8.55. The van der Waals surface area contributed by atoms with E-state index in [4.69, 9.17) is 19.2 Å². The first-order valence-corrected chi connectivity index (χ1v) is 2.19. The Kier molecular flexibility index (Phi) is 10.6. The van der Waals surface area contributed by atoms with Crippen molar-refractivity contribution >= 4 is 7.82 Å². The second-order valence-electron chi connectivity index (χ2n) is 0.447. The van der Waals surface area contributed by atoms with E-state index in [-0.39, 0.29) is 23.2 Å². The molecule has 0 aromatic rings. The molecular formula is H3FeNO4P. The van der Waals surface area contributed by atoms with Crippen molar-refractivity contribution in [1.29, 1.82) is 0 Å². The molecule has 0 atom stereocenters. The molecule has 0 aromatic carbocycles. The first-order valence-electron chi connectivity index (χ1n) is 0.730. The first-order chi connectivity index (χ1) is 2.00. The average Bonchev–Trinajstić information content (AvgIpc) is 0.722. The second-order valence-corrected chi connectivity index (χ2v) is 1.34. The molecule has 0 aliphatic rings. The molecule has 0 heterocycles. The van der Waals surface area contributed by atoms with Gasteiger partial charge in [-0.25, -0.2) is 0 Å². The molecule has 5 nitrogen and oxygen atoms in total. The van der Waals surface area contributed by atoms with Crippen LogP contribution in [-0.2, 0) is 21.6 Å². The Hall–Kier alpha value is 0.589. The number of rotatable bonds is 0. The molecule has 0 aliphatic carbocycles. The van der Waals surface area contributed by atoms with Crippen molar-refractivity contribution < 1.29 is 36.3 Å². The summed E-state index contributed by atoms with van der Waals surface area (Å²) >= 11 is 0. The zero-order chi connectivity index (χ0) is 4.50. The molecular weight excluding hydrogens is 165 g/mol. The van der Waals surface area contributed by atoms with Crippen LogP contribution in [0.4, 0.5) is 0 Å². The molecule has 3 N–H and O–H groups in total. The van der Waals surface area contributed by atoms with E-state index < -0.39 is 7.82 Å². The van der Waals surface area contributed by atoms with Crippen LogP contribution in [-0.4, -0.2) is 0 Å². The van der Waals surface area contributed by atoms with E-state index in [1.165, 1.54) is 0 Å². The van der Waals surface area contributed by atoms with Gasteiger partial charge in [0, 0.05) is 0 Å². The molecule has 0 saturated carbocycles. The standard InChI is InChI=1S/Fe.H3N.H3O4P/c;;1-5(2,3)4/h;1H3;(H3,1,2,3,4)/q+3;;/p-3. The van der Waals surface area contributed by atoms with Gasteiger partial charge in [0.15, 0.2) is 0 Å². The molecule has 0 saturated heterocycles. The predicted molar refractivity (Wildman–Crippen MR) is 12.6 cm³/mol. The van der Waals surface area contributed by atoms with Crippen molar-refractivity contribution in [3.05, 3.63) is 0 Å². The third-order valence-corrected chi connectivity index (χ3v) is 0. The maximum atomic E-state index is 8.55. The van der Waals surface area contributed by atoms with E-state index >= 15 is 0 Å². The molecule has 0 amide bonds. The smallest absolute Gasteiger partial charge is 0.822 e. The van der Waals surface area contributed by atoms with Crippen LogP contribution in [0.1, 0.15) is 0 Å². The SMILES string of the molecule is N.O=P([O-])([O-])[O-].[Fe+3]. The predicted octanol–water partition coefficient (Wildman–Crippen LogP) is -2.67. The minimum atomic E-state index is -5.39. The maximum absolute atomic E-state index is 8.55. The number of hydrogen-bond donors (Lipinski definition) is 1. The van der Waals surface area contributed by atoms with Crippen LogP contribution in [0, 0.1) is 0 Å². The minimum Gasteiger partial charge on any atom is -0.822 e. The molecule has 0 unspecified atom stereocenters. The topological polar surface area (TPSA) is 121 Å². The molecule has 45 valence electrons. The van der Waals surface area contributed by atoms with Crippen LogP contribution in [0.25, 0.3) is 0 Å². The van der Waals surface area contributed by atoms with Gasteiger partial charge in [-0.2, -0.15) is 7.82 Å². The van der Waals surface area contributed by atoms with Gasteiger partial charge in [0.1, 0.15) is 0 Å². The fraction of sp³-hybridized carbons (Fsp3) is 0. The third kappa shape index (κ3) is 399. The van der Waals surface area contributed by atoms with Gasteiger partial charge < -0.3 is 25.4 Å². The van der Waals surface area contributed by atoms with E-state index in [1.807, 2.05) is 0 Å². The van der Waals surface area contributed by atoms with Gasteiger partial charge in [0.2, 0.25) is 0 Å². The summed E-state index contributed by atoms with van der Waals surface area (Å²) in [5, 5.41) is 0. The summed E-state index contributed by atoms with van der Waals surface area (Å²) in [4.78, 5) is 25.6. The van der Waals surface area contributed by atoms with E-state index in [2.05, 4.69) is 0 Å². The van der Waals surface area contributed by atoms with Crippen molar-refractivity contribution in [2.45, 2.75) is 0 Å². The summed E-state index contributed by atoms with van der Waals surface area (Å²) in [6.07, 6.45) is 0. The van der Waals surface area contributed by atoms with Crippen molar-refractivity contribution in [3.8, 4) is 0 Å². The average molecular weight is 168 g/mol. The molecule has 0 aliphatic heterocycles. The molecule has 7 heteroatoms. The Labute approximate surface area is 51.0 Å². The molecule has 0 rings (SSSR count). The van der Waals surface area contributed by atoms with Gasteiger partial charge >= 0.3 is 17.1 Å². The van der Waals surface area contributed by atoms with Crippen LogP contribution in [0.5, 0.6) is 0 Å². The first kappa shape index (κ1) is 15.6. The van der Waals surface area contributed by atoms with Gasteiger partial charge in [-0.1, -0.05) is 0 Å². The molecule has 0 bridgehead atoms. The maximum Gasteiger partial charge on any atom is 3.00 e. The summed E-state index contributed by atoms with van der Waals surface area (Å²) in [5.41, 5.74) is 0. The zero-order valence-electron chi connectivity index (χ0n) is 3.14. The number of phosphoric acid groups is 1. The van der Waals surface area contributed by atoms with E-state index in [0.29, 0.717) is 0 Å². The Balaban J connectivity index is -0.0000000800. The van der Waals surface area contributed by atoms with Crippen molar-refractivity contribution in [1.82, 2.24) is 6.15 Å². The third-order valence-electron chi connectivity index (χ3n) is 0. The van der Waals surface area contributed by atoms with Crippen LogP contribution < -0.4 is 20.8 Å². The summed E-state index contributed by atoms with van der Waals surface area (Å²) in [7, 11) is -5.39. The zero-order valence-corrected chi connectivity index (χ0v) is 5.14. The fourth-order valence-electron chi connectivity index (χ4n) is 0. The van der Waals surface area contributed by atoms with Crippen molar-refractivity contribution in [2.24, 2.45) is 0 Å². The van der Waals surface area contributed by atoms with Gasteiger partial charge in [-0.15, -0.1) is 0 Å². The second kappa shape index (κ2) is 4.74. The summed E-state index contributed by atoms with van der Waals surface area (Å²) in [6, 6.07) is 0. The van der Waals surface area contributed by atoms with Crippen LogP contribution in [0.15, 0.2) is 0 Å². The van der Waals surface area contributed by atoms with Crippen LogP contribution in [0.3, 0.4) is 0 Å². The largest absolute Gasteiger partial charge is 3.00 e. The molecule has 0 aromatic heterocycles. The Morgan fingerprint density at radius 2 is 1.14 bits per heavy atom. The van der Waals surface area contributed by atoms with E-state index in [1.54, 1.807) is 0 Å². The molecule has 7 heavy (non-hydrogen) atoms. The monoisotopic (exact) mass is 168 g/mol. The fourth-order valence-corrected chi connectivity index (χ4v) is 0. The van der Waals surface area contributed by atoms with Crippen molar-refractivity contribution in [2.75, 3.05) is 0 Å². The van der Waals surface area contributed by atoms with Gasteiger partial charge in [-0.3, -0.25) is 0 Å². The van der Waals surface area contributed by atoms with Gasteiger partial charge in [0.05, 0.1) is 0 Å². The molecule has 0 spiro atoms. The molecule has 0 fully saturated rings. The summed E-state index contributed by atoms with van der Waals surface area (Å²) in [5.74, 6) is 0. The molecule has 1 radical (unpaired) electrons. The Bertz CT molecular complexity index is 57.8.